The highest BCUT2D eigenvalue weighted by molar-refractivity contribution is 5.89. The smallest absolute Gasteiger partial charge is 0.225 e. The van der Waals surface area contributed by atoms with E-state index in [1.165, 1.54) is 0 Å². The molecule has 4 rings (SSSR count). The van der Waals surface area contributed by atoms with Gasteiger partial charge in [-0.2, -0.15) is 0 Å². The van der Waals surface area contributed by atoms with Gasteiger partial charge in [-0.05, 0) is 36.1 Å². The van der Waals surface area contributed by atoms with Gasteiger partial charge in [0.15, 0.2) is 0 Å². The Labute approximate surface area is 159 Å². The van der Waals surface area contributed by atoms with E-state index in [1.807, 2.05) is 59.5 Å². The van der Waals surface area contributed by atoms with Crippen molar-refractivity contribution in [2.75, 3.05) is 6.54 Å². The predicted molar refractivity (Wildman–Crippen MR) is 102 cm³/mol. The molecule has 1 N–H and O–H groups in total. The SMILES string of the molecule is O=C(NCc1ccccc1COc1ccccc1)[C@H]1CC(=O)N(C2CC2)C1. The van der Waals surface area contributed by atoms with Crippen molar-refractivity contribution in [2.45, 2.75) is 38.5 Å². The lowest BCUT2D eigenvalue weighted by atomic mass is 10.1. The molecule has 0 unspecified atom stereocenters. The lowest BCUT2D eigenvalue weighted by Gasteiger charge is -2.16. The number of benzene rings is 2. The Bertz CT molecular complexity index is 817. The van der Waals surface area contributed by atoms with Crippen molar-refractivity contribution in [2.24, 2.45) is 5.92 Å². The molecule has 2 aromatic carbocycles. The van der Waals surface area contributed by atoms with Crippen LogP contribution in [0, 0.1) is 5.92 Å². The summed E-state index contributed by atoms with van der Waals surface area (Å²) < 4.78 is 5.84. The van der Waals surface area contributed by atoms with Gasteiger partial charge in [0.1, 0.15) is 12.4 Å². The number of amides is 2. The summed E-state index contributed by atoms with van der Waals surface area (Å²) in [7, 11) is 0. The van der Waals surface area contributed by atoms with Crippen LogP contribution in [0.25, 0.3) is 0 Å². The number of carbonyl (C=O) groups is 2. The van der Waals surface area contributed by atoms with E-state index in [4.69, 9.17) is 4.74 Å². The Morgan fingerprint density at radius 3 is 2.48 bits per heavy atom. The van der Waals surface area contributed by atoms with Gasteiger partial charge in [0.05, 0.1) is 5.92 Å². The first-order valence-electron chi connectivity index (χ1n) is 9.52. The number of hydrogen-bond acceptors (Lipinski definition) is 3. The number of rotatable bonds is 7. The van der Waals surface area contributed by atoms with E-state index in [1.54, 1.807) is 0 Å². The van der Waals surface area contributed by atoms with E-state index in [0.29, 0.717) is 32.2 Å². The summed E-state index contributed by atoms with van der Waals surface area (Å²) in [5.74, 6) is 0.673. The van der Waals surface area contributed by atoms with Crippen LogP contribution in [0.1, 0.15) is 30.4 Å². The third-order valence-corrected chi connectivity index (χ3v) is 5.23. The topological polar surface area (TPSA) is 58.6 Å². The second-order valence-corrected chi connectivity index (χ2v) is 7.27. The van der Waals surface area contributed by atoms with Crippen molar-refractivity contribution in [1.29, 1.82) is 0 Å². The molecule has 5 nitrogen and oxygen atoms in total. The summed E-state index contributed by atoms with van der Waals surface area (Å²) in [6.45, 7) is 1.46. The average Bonchev–Trinajstić information content (AvgIpc) is 3.47. The molecule has 1 saturated heterocycles. The lowest BCUT2D eigenvalue weighted by Crippen LogP contribution is -2.33. The third-order valence-electron chi connectivity index (χ3n) is 5.23. The minimum atomic E-state index is -0.231. The Kier molecular flexibility index (Phi) is 5.10. The van der Waals surface area contributed by atoms with Crippen LogP contribution in [0.4, 0.5) is 0 Å². The monoisotopic (exact) mass is 364 g/mol. The first-order valence-corrected chi connectivity index (χ1v) is 9.52. The second kappa shape index (κ2) is 7.82. The number of nitrogens with zero attached hydrogens (tertiary/aromatic N) is 1. The number of likely N-dealkylation sites (tertiary alicyclic amines) is 1. The fourth-order valence-corrected chi connectivity index (χ4v) is 3.52. The van der Waals surface area contributed by atoms with Crippen LogP contribution in [0.5, 0.6) is 5.75 Å². The highest BCUT2D eigenvalue weighted by Crippen LogP contribution is 2.32. The predicted octanol–water partition coefficient (Wildman–Crippen LogP) is 2.89. The first kappa shape index (κ1) is 17.6. The van der Waals surface area contributed by atoms with Crippen LogP contribution in [0.3, 0.4) is 0 Å². The van der Waals surface area contributed by atoms with Gasteiger partial charge in [0.25, 0.3) is 0 Å². The molecule has 0 bridgehead atoms. The van der Waals surface area contributed by atoms with Crippen molar-refractivity contribution in [3.63, 3.8) is 0 Å². The summed E-state index contributed by atoms with van der Waals surface area (Å²) in [5, 5.41) is 3.01. The maximum absolute atomic E-state index is 12.5. The summed E-state index contributed by atoms with van der Waals surface area (Å²) >= 11 is 0. The second-order valence-electron chi connectivity index (χ2n) is 7.27. The molecule has 1 saturated carbocycles. The van der Waals surface area contributed by atoms with Gasteiger partial charge in [0.2, 0.25) is 11.8 Å². The van der Waals surface area contributed by atoms with Crippen molar-refractivity contribution in [1.82, 2.24) is 10.2 Å². The maximum Gasteiger partial charge on any atom is 0.225 e. The molecule has 0 spiro atoms. The molecule has 2 aromatic rings. The Balaban J connectivity index is 1.33. The molecule has 1 atom stereocenters. The minimum Gasteiger partial charge on any atom is -0.489 e. The van der Waals surface area contributed by atoms with Gasteiger partial charge >= 0.3 is 0 Å². The number of ether oxygens (including phenoxy) is 1. The van der Waals surface area contributed by atoms with Crippen molar-refractivity contribution < 1.29 is 14.3 Å². The Morgan fingerprint density at radius 1 is 1.04 bits per heavy atom. The van der Waals surface area contributed by atoms with Gasteiger partial charge in [-0.3, -0.25) is 9.59 Å². The average molecular weight is 364 g/mol. The molecule has 5 heteroatoms. The summed E-state index contributed by atoms with van der Waals surface area (Å²) in [5.41, 5.74) is 2.08. The molecule has 1 aliphatic heterocycles. The Hall–Kier alpha value is -2.82. The van der Waals surface area contributed by atoms with E-state index in [-0.39, 0.29) is 17.7 Å². The highest BCUT2D eigenvalue weighted by Gasteiger charge is 2.41. The molecule has 0 aromatic heterocycles. The molecular weight excluding hydrogens is 340 g/mol. The highest BCUT2D eigenvalue weighted by atomic mass is 16.5. The normalized spacial score (nSPS) is 19.2. The van der Waals surface area contributed by atoms with E-state index >= 15 is 0 Å². The molecule has 2 amide bonds. The van der Waals surface area contributed by atoms with Crippen molar-refractivity contribution >= 4 is 11.8 Å². The molecular formula is C22H24N2O3. The van der Waals surface area contributed by atoms with Crippen LogP contribution >= 0.6 is 0 Å². The zero-order valence-corrected chi connectivity index (χ0v) is 15.3. The standard InChI is InChI=1S/C22H24N2O3/c25-21-12-18(14-24(21)19-10-11-19)22(26)23-13-16-6-4-5-7-17(16)15-27-20-8-2-1-3-9-20/h1-9,18-19H,10-15H2,(H,23,26)/t18-/m0/s1. The number of nitrogens with one attached hydrogen (secondary N) is 1. The summed E-state index contributed by atoms with van der Waals surface area (Å²) in [6.07, 6.45) is 2.49. The molecule has 2 aliphatic rings. The summed E-state index contributed by atoms with van der Waals surface area (Å²) in [4.78, 5) is 26.5. The van der Waals surface area contributed by atoms with Crippen LogP contribution in [-0.4, -0.2) is 29.3 Å². The van der Waals surface area contributed by atoms with Gasteiger partial charge < -0.3 is 15.0 Å². The number of hydrogen-bond donors (Lipinski definition) is 1. The van der Waals surface area contributed by atoms with Crippen molar-refractivity contribution in [3.05, 3.63) is 65.7 Å². The molecule has 140 valence electrons. The van der Waals surface area contributed by atoms with Crippen LogP contribution in [0.15, 0.2) is 54.6 Å². The molecule has 27 heavy (non-hydrogen) atoms. The largest absolute Gasteiger partial charge is 0.489 e. The maximum atomic E-state index is 12.5. The van der Waals surface area contributed by atoms with Crippen LogP contribution in [0.2, 0.25) is 0 Å². The number of carbonyl (C=O) groups excluding carboxylic acids is 2. The lowest BCUT2D eigenvalue weighted by molar-refractivity contribution is -0.129. The Morgan fingerprint density at radius 2 is 1.74 bits per heavy atom. The van der Waals surface area contributed by atoms with Crippen molar-refractivity contribution in [3.8, 4) is 5.75 Å². The molecule has 1 aliphatic carbocycles. The fraction of sp³-hybridized carbons (Fsp3) is 0.364. The van der Waals surface area contributed by atoms with Gasteiger partial charge in [0, 0.05) is 25.6 Å². The van der Waals surface area contributed by atoms with E-state index in [9.17, 15) is 9.59 Å². The molecule has 0 radical (unpaired) electrons. The minimum absolute atomic E-state index is 0.0368. The zero-order valence-electron chi connectivity index (χ0n) is 15.3. The number of para-hydroxylation sites is 1. The van der Waals surface area contributed by atoms with E-state index < -0.39 is 0 Å². The fourth-order valence-electron chi connectivity index (χ4n) is 3.52. The van der Waals surface area contributed by atoms with E-state index in [0.717, 1.165) is 29.7 Å². The zero-order chi connectivity index (χ0) is 18.6. The third kappa shape index (κ3) is 4.30. The molecule has 1 heterocycles. The van der Waals surface area contributed by atoms with Crippen LogP contribution < -0.4 is 10.1 Å². The van der Waals surface area contributed by atoms with E-state index in [2.05, 4.69) is 5.32 Å². The summed E-state index contributed by atoms with van der Waals surface area (Å²) in [6, 6.07) is 18.0. The van der Waals surface area contributed by atoms with Crippen LogP contribution in [-0.2, 0) is 22.7 Å². The van der Waals surface area contributed by atoms with Gasteiger partial charge in [-0.25, -0.2) is 0 Å². The van der Waals surface area contributed by atoms with Gasteiger partial charge in [-0.1, -0.05) is 42.5 Å². The first-order chi connectivity index (χ1) is 13.2. The molecule has 2 fully saturated rings. The quantitative estimate of drug-likeness (QED) is 0.822. The van der Waals surface area contributed by atoms with Gasteiger partial charge in [-0.15, -0.1) is 0 Å².